The van der Waals surface area contributed by atoms with Gasteiger partial charge in [0.1, 0.15) is 12.4 Å². The molecule has 1 aromatic rings. The van der Waals surface area contributed by atoms with Gasteiger partial charge in [0.15, 0.2) is 0 Å². The molecule has 0 radical (unpaired) electrons. The van der Waals surface area contributed by atoms with Crippen molar-refractivity contribution in [3.63, 3.8) is 0 Å². The van der Waals surface area contributed by atoms with Crippen molar-refractivity contribution in [1.29, 1.82) is 0 Å². The number of rotatable bonds is 4. The Kier molecular flexibility index (Phi) is 4.20. The number of amides is 2. The summed E-state index contributed by atoms with van der Waals surface area (Å²) in [6.07, 6.45) is 3.27. The summed E-state index contributed by atoms with van der Waals surface area (Å²) in [5, 5.41) is 8.23. The van der Waals surface area contributed by atoms with Gasteiger partial charge in [0.2, 0.25) is 0 Å². The number of hydrogen-bond acceptors (Lipinski definition) is 5. The lowest BCUT2D eigenvalue weighted by Crippen LogP contribution is -2.30. The molecule has 6 nitrogen and oxygen atoms in total. The van der Waals surface area contributed by atoms with Gasteiger partial charge in [-0.2, -0.15) is 0 Å². The van der Waals surface area contributed by atoms with Crippen LogP contribution in [0.1, 0.15) is 12.0 Å². The fourth-order valence-electron chi connectivity index (χ4n) is 2.29. The maximum Gasteiger partial charge on any atom is 0.305 e. The molecule has 2 aliphatic rings. The third-order valence-electron chi connectivity index (χ3n) is 3.39. The normalized spacial score (nSPS) is 18.7. The fraction of sp³-hybridized carbons (Fsp3) is 0.188. The number of hydrogen-bond donors (Lipinski definition) is 1. The number of carboxylic acid groups (broad SMARTS) is 1. The number of fused-ring (bicyclic) bond motifs is 1. The van der Waals surface area contributed by atoms with E-state index in [1.807, 2.05) is 30.3 Å². The smallest absolute Gasteiger partial charge is 0.305 e. The summed E-state index contributed by atoms with van der Waals surface area (Å²) >= 11 is 0.818. The first-order valence-corrected chi connectivity index (χ1v) is 7.76. The van der Waals surface area contributed by atoms with Gasteiger partial charge in [0.25, 0.3) is 11.1 Å². The van der Waals surface area contributed by atoms with Crippen LogP contribution in [-0.2, 0) is 9.59 Å². The monoisotopic (exact) mass is 331 g/mol. The Morgan fingerprint density at radius 3 is 2.91 bits per heavy atom. The van der Waals surface area contributed by atoms with E-state index in [-0.39, 0.29) is 17.9 Å². The van der Waals surface area contributed by atoms with Crippen molar-refractivity contribution >= 4 is 35.0 Å². The third kappa shape index (κ3) is 3.29. The molecule has 1 saturated heterocycles. The zero-order valence-corrected chi connectivity index (χ0v) is 12.8. The van der Waals surface area contributed by atoms with Crippen LogP contribution >= 0.6 is 11.8 Å². The number of ether oxygens (including phenoxy) is 1. The van der Waals surface area contributed by atoms with Crippen LogP contribution in [0.15, 0.2) is 40.8 Å². The number of aliphatic carboxylic acids is 1. The highest BCUT2D eigenvalue weighted by atomic mass is 32.2. The average Bonchev–Trinajstić information content (AvgIpc) is 2.79. The summed E-state index contributed by atoms with van der Waals surface area (Å²) in [5.74, 6) is -0.728. The van der Waals surface area contributed by atoms with Crippen molar-refractivity contribution in [3.05, 3.63) is 46.4 Å². The molecule has 0 unspecified atom stereocenters. The topological polar surface area (TPSA) is 83.9 Å². The number of thioether (sulfide) groups is 1. The molecule has 0 atom stereocenters. The molecule has 3 rings (SSSR count). The van der Waals surface area contributed by atoms with E-state index in [0.29, 0.717) is 6.61 Å². The van der Waals surface area contributed by atoms with Gasteiger partial charge in [-0.25, -0.2) is 0 Å². The van der Waals surface area contributed by atoms with Gasteiger partial charge in [0, 0.05) is 12.1 Å². The SMILES string of the molecule is O=C(O)CCN1C(=O)SC(=CC2=Cc3ccccc3OC2)C1=O. The second-order valence-corrected chi connectivity index (χ2v) is 6.02. The first kappa shape index (κ1) is 15.4. The summed E-state index contributed by atoms with van der Waals surface area (Å²) in [7, 11) is 0. The molecule has 2 amide bonds. The van der Waals surface area contributed by atoms with Crippen molar-refractivity contribution in [2.24, 2.45) is 0 Å². The summed E-state index contributed by atoms with van der Waals surface area (Å²) in [5.41, 5.74) is 1.70. The van der Waals surface area contributed by atoms with E-state index in [0.717, 1.165) is 33.5 Å². The summed E-state index contributed by atoms with van der Waals surface area (Å²) in [6, 6.07) is 7.54. The lowest BCUT2D eigenvalue weighted by Gasteiger charge is -2.16. The lowest BCUT2D eigenvalue weighted by molar-refractivity contribution is -0.137. The van der Waals surface area contributed by atoms with E-state index in [1.165, 1.54) is 0 Å². The quantitative estimate of drug-likeness (QED) is 0.854. The summed E-state index contributed by atoms with van der Waals surface area (Å²) < 4.78 is 5.60. The van der Waals surface area contributed by atoms with Crippen molar-refractivity contribution < 1.29 is 24.2 Å². The minimum absolute atomic E-state index is 0.115. The van der Waals surface area contributed by atoms with E-state index in [2.05, 4.69) is 0 Å². The molecule has 2 heterocycles. The van der Waals surface area contributed by atoms with Crippen LogP contribution in [0, 0.1) is 0 Å². The second-order valence-electron chi connectivity index (χ2n) is 5.02. The van der Waals surface area contributed by atoms with Crippen LogP contribution in [0.4, 0.5) is 4.79 Å². The minimum Gasteiger partial charge on any atom is -0.488 e. The first-order chi connectivity index (χ1) is 11.0. The number of benzene rings is 1. The average molecular weight is 331 g/mol. The minimum atomic E-state index is -1.05. The Labute approximate surface area is 136 Å². The highest BCUT2D eigenvalue weighted by Gasteiger charge is 2.35. The Morgan fingerprint density at radius 2 is 2.13 bits per heavy atom. The van der Waals surface area contributed by atoms with Gasteiger partial charge in [-0.05, 0) is 35.6 Å². The molecular weight excluding hydrogens is 318 g/mol. The number of imide groups is 1. The molecule has 0 aromatic heterocycles. The van der Waals surface area contributed by atoms with Crippen molar-refractivity contribution in [2.75, 3.05) is 13.2 Å². The lowest BCUT2D eigenvalue weighted by atomic mass is 10.1. The van der Waals surface area contributed by atoms with Crippen molar-refractivity contribution in [2.45, 2.75) is 6.42 Å². The first-order valence-electron chi connectivity index (χ1n) is 6.94. The van der Waals surface area contributed by atoms with Gasteiger partial charge in [-0.3, -0.25) is 19.3 Å². The molecule has 118 valence electrons. The Balaban J connectivity index is 1.79. The summed E-state index contributed by atoms with van der Waals surface area (Å²) in [6.45, 7) is 0.202. The van der Waals surface area contributed by atoms with E-state index >= 15 is 0 Å². The standard InChI is InChI=1S/C16H13NO5S/c18-14(19)5-6-17-15(20)13(23-16(17)21)8-10-7-11-3-1-2-4-12(11)22-9-10/h1-4,7-8H,5-6,9H2,(H,18,19). The predicted molar refractivity (Wildman–Crippen MR) is 84.9 cm³/mol. The molecule has 0 spiro atoms. The second kappa shape index (κ2) is 6.29. The highest BCUT2D eigenvalue weighted by Crippen LogP contribution is 2.33. The Hall–Kier alpha value is -2.54. The molecule has 1 N–H and O–H groups in total. The van der Waals surface area contributed by atoms with Crippen LogP contribution in [-0.4, -0.2) is 40.3 Å². The molecule has 23 heavy (non-hydrogen) atoms. The maximum atomic E-state index is 12.2. The van der Waals surface area contributed by atoms with Crippen LogP contribution in [0.2, 0.25) is 0 Å². The number of carbonyl (C=O) groups is 3. The number of carbonyl (C=O) groups excluding carboxylic acids is 2. The van der Waals surface area contributed by atoms with Crippen molar-refractivity contribution in [1.82, 2.24) is 4.90 Å². The van der Waals surface area contributed by atoms with E-state index < -0.39 is 17.1 Å². The van der Waals surface area contributed by atoms with E-state index in [9.17, 15) is 14.4 Å². The zero-order chi connectivity index (χ0) is 16.4. The Morgan fingerprint density at radius 1 is 1.35 bits per heavy atom. The van der Waals surface area contributed by atoms with Gasteiger partial charge in [-0.15, -0.1) is 0 Å². The van der Waals surface area contributed by atoms with Crippen LogP contribution in [0.3, 0.4) is 0 Å². The zero-order valence-electron chi connectivity index (χ0n) is 12.0. The molecule has 1 aromatic carbocycles. The molecule has 7 heteroatoms. The Bertz CT molecular complexity index is 753. The largest absolute Gasteiger partial charge is 0.488 e. The van der Waals surface area contributed by atoms with E-state index in [4.69, 9.17) is 9.84 Å². The van der Waals surface area contributed by atoms with Gasteiger partial charge in [-0.1, -0.05) is 18.2 Å². The predicted octanol–water partition coefficient (Wildman–Crippen LogP) is 2.52. The molecule has 0 aliphatic carbocycles. The van der Waals surface area contributed by atoms with Gasteiger partial charge >= 0.3 is 5.97 Å². The summed E-state index contributed by atoms with van der Waals surface area (Å²) in [4.78, 5) is 35.9. The number of nitrogens with zero attached hydrogens (tertiary/aromatic N) is 1. The third-order valence-corrected chi connectivity index (χ3v) is 4.30. The maximum absolute atomic E-state index is 12.2. The van der Waals surface area contributed by atoms with Crippen LogP contribution in [0.25, 0.3) is 6.08 Å². The highest BCUT2D eigenvalue weighted by molar-refractivity contribution is 8.18. The van der Waals surface area contributed by atoms with Crippen LogP contribution < -0.4 is 4.74 Å². The van der Waals surface area contributed by atoms with E-state index in [1.54, 1.807) is 6.08 Å². The number of para-hydroxylation sites is 1. The number of carboxylic acids is 1. The molecule has 0 saturated carbocycles. The van der Waals surface area contributed by atoms with Gasteiger partial charge in [0.05, 0.1) is 11.3 Å². The molecular formula is C16H13NO5S. The molecule has 2 aliphatic heterocycles. The fourth-order valence-corrected chi connectivity index (χ4v) is 3.17. The molecule has 1 fully saturated rings. The van der Waals surface area contributed by atoms with Crippen LogP contribution in [0.5, 0.6) is 5.75 Å². The molecule has 0 bridgehead atoms. The van der Waals surface area contributed by atoms with Crippen molar-refractivity contribution in [3.8, 4) is 5.75 Å². The van der Waals surface area contributed by atoms with Gasteiger partial charge < -0.3 is 9.84 Å².